The minimum absolute atomic E-state index is 0.103. The summed E-state index contributed by atoms with van der Waals surface area (Å²) in [6, 6.07) is 7.32. The van der Waals surface area contributed by atoms with E-state index in [1.807, 2.05) is 0 Å². The molecule has 0 atom stereocenters. The van der Waals surface area contributed by atoms with Crippen molar-refractivity contribution < 1.29 is 14.4 Å². The van der Waals surface area contributed by atoms with Crippen molar-refractivity contribution >= 4 is 11.5 Å². The lowest BCUT2D eigenvalue weighted by Gasteiger charge is -2.07. The molecule has 0 spiro atoms. The minimum Gasteiger partial charge on any atom is -0.490 e. The maximum Gasteiger partial charge on any atom is 0.314 e. The third-order valence-electron chi connectivity index (χ3n) is 2.62. The number of ether oxygens (including phenoxy) is 2. The number of amidine groups is 1. The number of hydrogen-bond donors (Lipinski definition) is 2. The maximum atomic E-state index is 10.9. The van der Waals surface area contributed by atoms with Crippen LogP contribution in [-0.4, -0.2) is 22.9 Å². The van der Waals surface area contributed by atoms with E-state index in [4.69, 9.17) is 20.6 Å². The van der Waals surface area contributed by atoms with E-state index in [0.29, 0.717) is 5.56 Å². The Kier molecular flexibility index (Phi) is 3.98. The zero-order valence-electron chi connectivity index (χ0n) is 11.1. The molecule has 0 radical (unpaired) electrons. The molecular formula is C13H12N4O4. The van der Waals surface area contributed by atoms with Gasteiger partial charge in [-0.25, -0.2) is 4.98 Å². The largest absolute Gasteiger partial charge is 0.490 e. The summed E-state index contributed by atoms with van der Waals surface area (Å²) in [6.07, 6.45) is 1.38. The zero-order valence-corrected chi connectivity index (χ0v) is 11.1. The molecule has 0 saturated carbocycles. The van der Waals surface area contributed by atoms with Crippen molar-refractivity contribution in [3.8, 4) is 17.4 Å². The van der Waals surface area contributed by atoms with E-state index >= 15 is 0 Å². The number of nitro groups is 1. The third-order valence-corrected chi connectivity index (χ3v) is 2.62. The molecule has 0 aliphatic rings. The second-order valence-electron chi connectivity index (χ2n) is 3.99. The molecule has 0 aliphatic carbocycles. The number of rotatable bonds is 5. The first-order valence-corrected chi connectivity index (χ1v) is 5.82. The lowest BCUT2D eigenvalue weighted by molar-refractivity contribution is -0.385. The van der Waals surface area contributed by atoms with Crippen LogP contribution >= 0.6 is 0 Å². The van der Waals surface area contributed by atoms with Crippen molar-refractivity contribution in [2.45, 2.75) is 0 Å². The Morgan fingerprint density at radius 3 is 2.67 bits per heavy atom. The van der Waals surface area contributed by atoms with Gasteiger partial charge in [0.05, 0.1) is 18.1 Å². The lowest BCUT2D eigenvalue weighted by Crippen LogP contribution is -2.11. The van der Waals surface area contributed by atoms with Crippen LogP contribution in [0.15, 0.2) is 36.5 Å². The summed E-state index contributed by atoms with van der Waals surface area (Å²) in [6.45, 7) is 0. The van der Waals surface area contributed by atoms with Gasteiger partial charge >= 0.3 is 5.69 Å². The molecule has 0 saturated heterocycles. The number of nitrogens with two attached hydrogens (primary N) is 1. The monoisotopic (exact) mass is 288 g/mol. The third kappa shape index (κ3) is 3.24. The fourth-order valence-corrected chi connectivity index (χ4v) is 1.60. The summed E-state index contributed by atoms with van der Waals surface area (Å²) in [7, 11) is 1.35. The Bertz CT molecular complexity index is 685. The van der Waals surface area contributed by atoms with E-state index in [1.54, 1.807) is 6.07 Å². The highest BCUT2D eigenvalue weighted by molar-refractivity contribution is 5.94. The van der Waals surface area contributed by atoms with Gasteiger partial charge in [-0.2, -0.15) is 0 Å². The van der Waals surface area contributed by atoms with Gasteiger partial charge in [-0.3, -0.25) is 15.5 Å². The average Bonchev–Trinajstić information content (AvgIpc) is 2.47. The normalized spacial score (nSPS) is 9.95. The van der Waals surface area contributed by atoms with Gasteiger partial charge in [0.15, 0.2) is 5.75 Å². The summed E-state index contributed by atoms with van der Waals surface area (Å²) in [5, 5.41) is 18.2. The van der Waals surface area contributed by atoms with Crippen LogP contribution in [0.2, 0.25) is 0 Å². The quantitative estimate of drug-likeness (QED) is 0.375. The van der Waals surface area contributed by atoms with Gasteiger partial charge in [-0.05, 0) is 18.2 Å². The highest BCUT2D eigenvalue weighted by atomic mass is 16.6. The fraction of sp³-hybridized carbons (Fsp3) is 0.0769. The predicted molar refractivity (Wildman–Crippen MR) is 75.0 cm³/mol. The van der Waals surface area contributed by atoms with Gasteiger partial charge < -0.3 is 15.2 Å². The van der Waals surface area contributed by atoms with Crippen molar-refractivity contribution in [3.63, 3.8) is 0 Å². The molecule has 1 heterocycles. The number of pyridine rings is 1. The van der Waals surface area contributed by atoms with Gasteiger partial charge in [-0.15, -0.1) is 0 Å². The summed E-state index contributed by atoms with van der Waals surface area (Å²) < 4.78 is 10.3. The van der Waals surface area contributed by atoms with Crippen LogP contribution in [0, 0.1) is 15.5 Å². The first kappa shape index (κ1) is 14.3. The van der Waals surface area contributed by atoms with Crippen molar-refractivity contribution in [2.24, 2.45) is 5.73 Å². The highest BCUT2D eigenvalue weighted by Crippen LogP contribution is 2.32. The van der Waals surface area contributed by atoms with E-state index in [-0.39, 0.29) is 28.9 Å². The molecule has 2 rings (SSSR count). The minimum atomic E-state index is -0.558. The van der Waals surface area contributed by atoms with Crippen LogP contribution < -0.4 is 15.2 Å². The Morgan fingerprint density at radius 2 is 2.14 bits per heavy atom. The van der Waals surface area contributed by atoms with Crippen LogP contribution in [0.3, 0.4) is 0 Å². The van der Waals surface area contributed by atoms with Crippen molar-refractivity contribution in [1.82, 2.24) is 4.98 Å². The van der Waals surface area contributed by atoms with Gasteiger partial charge in [-0.1, -0.05) is 0 Å². The molecule has 21 heavy (non-hydrogen) atoms. The predicted octanol–water partition coefficient (Wildman–Crippen LogP) is 2.07. The van der Waals surface area contributed by atoms with E-state index < -0.39 is 4.92 Å². The van der Waals surface area contributed by atoms with Gasteiger partial charge in [0, 0.05) is 17.8 Å². The molecule has 0 unspecified atom stereocenters. The molecule has 8 nitrogen and oxygen atoms in total. The highest BCUT2D eigenvalue weighted by Gasteiger charge is 2.16. The summed E-state index contributed by atoms with van der Waals surface area (Å²) in [4.78, 5) is 14.3. The van der Waals surface area contributed by atoms with Crippen molar-refractivity contribution in [3.05, 3.63) is 52.2 Å². The van der Waals surface area contributed by atoms with Crippen LogP contribution in [0.25, 0.3) is 0 Å². The zero-order chi connectivity index (χ0) is 15.4. The van der Waals surface area contributed by atoms with E-state index in [1.165, 1.54) is 37.6 Å². The smallest absolute Gasteiger partial charge is 0.314 e. The second kappa shape index (κ2) is 5.87. The molecule has 2 aromatic rings. The topological polar surface area (TPSA) is 124 Å². The summed E-state index contributed by atoms with van der Waals surface area (Å²) in [5.41, 5.74) is 5.58. The number of nitro benzene ring substituents is 1. The number of aromatic nitrogens is 1. The molecule has 108 valence electrons. The number of methoxy groups -OCH3 is 1. The lowest BCUT2D eigenvalue weighted by atomic mass is 10.2. The molecule has 8 heteroatoms. The number of hydrogen-bond acceptors (Lipinski definition) is 6. The Labute approximate surface area is 119 Å². The van der Waals surface area contributed by atoms with Crippen molar-refractivity contribution in [1.29, 1.82) is 5.41 Å². The molecule has 1 aromatic heterocycles. The Balaban J connectivity index is 2.25. The molecule has 3 N–H and O–H groups in total. The Morgan fingerprint density at radius 1 is 1.38 bits per heavy atom. The van der Waals surface area contributed by atoms with E-state index in [0.717, 1.165) is 0 Å². The number of nitrogens with zero attached hydrogens (tertiary/aromatic N) is 2. The van der Waals surface area contributed by atoms with Crippen LogP contribution in [0.4, 0.5) is 5.69 Å². The van der Waals surface area contributed by atoms with Gasteiger partial charge in [0.25, 0.3) is 0 Å². The first-order chi connectivity index (χ1) is 10.0. The second-order valence-corrected chi connectivity index (χ2v) is 3.99. The van der Waals surface area contributed by atoms with Crippen molar-refractivity contribution in [2.75, 3.05) is 7.11 Å². The number of nitrogen functional groups attached to an aromatic ring is 1. The van der Waals surface area contributed by atoms with Gasteiger partial charge in [0.2, 0.25) is 5.88 Å². The molecule has 0 fully saturated rings. The molecule has 0 bridgehead atoms. The maximum absolute atomic E-state index is 10.9. The molecular weight excluding hydrogens is 276 g/mol. The molecule has 1 aromatic carbocycles. The SMILES string of the molecule is COc1ccc(Oc2ccc(C(=N)N)cn2)cc1[N+](=O)[O-]. The standard InChI is InChI=1S/C13H12N4O4/c1-20-11-4-3-9(6-10(11)17(18)19)21-12-5-2-8(7-16-12)13(14)15/h2-7H,1H3,(H3,14,15). The fourth-order valence-electron chi connectivity index (χ4n) is 1.60. The Hall–Kier alpha value is -3.16. The van der Waals surface area contributed by atoms with Crippen LogP contribution in [0.1, 0.15) is 5.56 Å². The van der Waals surface area contributed by atoms with Crippen LogP contribution in [0.5, 0.6) is 17.4 Å². The number of nitrogens with one attached hydrogen (secondary N) is 1. The molecule has 0 amide bonds. The van der Waals surface area contributed by atoms with Gasteiger partial charge in [0.1, 0.15) is 11.6 Å². The van der Waals surface area contributed by atoms with E-state index in [9.17, 15) is 10.1 Å². The molecule has 0 aliphatic heterocycles. The average molecular weight is 288 g/mol. The first-order valence-electron chi connectivity index (χ1n) is 5.82. The summed E-state index contributed by atoms with van der Waals surface area (Å²) in [5.74, 6) is 0.534. The summed E-state index contributed by atoms with van der Waals surface area (Å²) >= 11 is 0. The number of benzene rings is 1. The van der Waals surface area contributed by atoms with E-state index in [2.05, 4.69) is 4.98 Å². The van der Waals surface area contributed by atoms with Crippen LogP contribution in [-0.2, 0) is 0 Å².